The first-order valence-corrected chi connectivity index (χ1v) is 9.26. The number of hydrogen-bond donors (Lipinski definition) is 0. The Morgan fingerprint density at radius 2 is 2.21 bits per heavy atom. The summed E-state index contributed by atoms with van der Waals surface area (Å²) in [6.07, 6.45) is 2.32. The highest BCUT2D eigenvalue weighted by molar-refractivity contribution is 7.90. The van der Waals surface area contributed by atoms with E-state index in [1.54, 1.807) is 18.2 Å². The lowest BCUT2D eigenvalue weighted by Gasteiger charge is -2.34. The molecule has 0 saturated carbocycles. The highest BCUT2D eigenvalue weighted by Crippen LogP contribution is 2.25. The largest absolute Gasteiger partial charge is 0.370 e. The molecule has 7 nitrogen and oxygen atoms in total. The number of morpholine rings is 1. The van der Waals surface area contributed by atoms with Crippen LogP contribution in [-0.4, -0.2) is 44.3 Å². The minimum atomic E-state index is -3.45. The van der Waals surface area contributed by atoms with Crippen molar-refractivity contribution < 1.29 is 13.2 Å². The summed E-state index contributed by atoms with van der Waals surface area (Å²) in [5.41, 5.74) is 1.49. The minimum Gasteiger partial charge on any atom is -0.370 e. The van der Waals surface area contributed by atoms with Gasteiger partial charge >= 0.3 is 0 Å². The van der Waals surface area contributed by atoms with Gasteiger partial charge in [-0.05, 0) is 23.8 Å². The molecule has 0 amide bonds. The summed E-state index contributed by atoms with van der Waals surface area (Å²) in [5.74, 6) is 0.551. The lowest BCUT2D eigenvalue weighted by molar-refractivity contribution is 0.0394. The highest BCUT2D eigenvalue weighted by Gasteiger charge is 2.24. The molecule has 1 aliphatic rings. The number of nitrogens with zero attached hydrogens (tertiary/aromatic N) is 4. The standard InChI is InChI=1S/C16H16N4O3S/c1-24(21,22)16-18-6-5-15(19-16)20-7-8-23-14(11-20)13-4-2-3-12(9-13)10-17/h2-6,9,14H,7-8,11H2,1H3. The summed E-state index contributed by atoms with van der Waals surface area (Å²) >= 11 is 0. The predicted octanol–water partition coefficient (Wildman–Crippen LogP) is 1.33. The number of hydrogen-bond acceptors (Lipinski definition) is 7. The lowest BCUT2D eigenvalue weighted by atomic mass is 10.1. The fourth-order valence-electron chi connectivity index (χ4n) is 2.55. The summed E-state index contributed by atoms with van der Waals surface area (Å²) < 4.78 is 29.1. The third-order valence-corrected chi connectivity index (χ3v) is 4.59. The third kappa shape index (κ3) is 3.53. The van der Waals surface area contributed by atoms with Crippen LogP contribution in [0.1, 0.15) is 17.2 Å². The maximum Gasteiger partial charge on any atom is 0.248 e. The first-order chi connectivity index (χ1) is 11.5. The molecule has 24 heavy (non-hydrogen) atoms. The maximum absolute atomic E-state index is 11.6. The van der Waals surface area contributed by atoms with E-state index in [2.05, 4.69) is 16.0 Å². The molecule has 3 rings (SSSR count). The fourth-order valence-corrected chi connectivity index (χ4v) is 3.07. The van der Waals surface area contributed by atoms with Gasteiger partial charge in [-0.3, -0.25) is 0 Å². The van der Waals surface area contributed by atoms with Crippen molar-refractivity contribution in [2.75, 3.05) is 30.9 Å². The Morgan fingerprint density at radius 1 is 1.38 bits per heavy atom. The zero-order chi connectivity index (χ0) is 17.2. The van der Waals surface area contributed by atoms with Crippen molar-refractivity contribution in [2.45, 2.75) is 11.3 Å². The second-order valence-electron chi connectivity index (χ2n) is 5.51. The Morgan fingerprint density at radius 3 is 2.96 bits per heavy atom. The fraction of sp³-hybridized carbons (Fsp3) is 0.312. The molecule has 1 aliphatic heterocycles. The summed E-state index contributed by atoms with van der Waals surface area (Å²) in [6, 6.07) is 11.1. The van der Waals surface area contributed by atoms with Crippen LogP contribution in [0.2, 0.25) is 0 Å². The van der Waals surface area contributed by atoms with E-state index < -0.39 is 9.84 Å². The summed E-state index contributed by atoms with van der Waals surface area (Å²) in [6.45, 7) is 1.61. The first-order valence-electron chi connectivity index (χ1n) is 7.37. The van der Waals surface area contributed by atoms with Gasteiger partial charge in [0, 0.05) is 25.5 Å². The minimum absolute atomic E-state index is 0.186. The van der Waals surface area contributed by atoms with Gasteiger partial charge in [-0.15, -0.1) is 0 Å². The van der Waals surface area contributed by atoms with Gasteiger partial charge in [-0.25, -0.2) is 18.4 Å². The van der Waals surface area contributed by atoms with Gasteiger partial charge in [0.2, 0.25) is 15.0 Å². The second-order valence-corrected chi connectivity index (χ2v) is 7.42. The van der Waals surface area contributed by atoms with Crippen LogP contribution in [0.3, 0.4) is 0 Å². The molecule has 2 aromatic rings. The Kier molecular flexibility index (Phi) is 4.46. The van der Waals surface area contributed by atoms with Crippen molar-refractivity contribution in [1.29, 1.82) is 5.26 Å². The van der Waals surface area contributed by atoms with Gasteiger partial charge in [0.25, 0.3) is 0 Å². The van der Waals surface area contributed by atoms with Crippen molar-refractivity contribution in [3.05, 3.63) is 47.7 Å². The molecule has 1 fully saturated rings. The molecule has 0 aliphatic carbocycles. The molecule has 124 valence electrons. The Hall–Kier alpha value is -2.50. The number of benzene rings is 1. The van der Waals surface area contributed by atoms with Crippen LogP contribution in [0.25, 0.3) is 0 Å². The van der Waals surface area contributed by atoms with Gasteiger partial charge in [0.05, 0.1) is 18.2 Å². The lowest BCUT2D eigenvalue weighted by Crippen LogP contribution is -2.39. The molecule has 1 atom stereocenters. The van der Waals surface area contributed by atoms with Gasteiger partial charge < -0.3 is 9.64 Å². The van der Waals surface area contributed by atoms with Gasteiger partial charge in [0.1, 0.15) is 11.9 Å². The molecule has 1 aromatic heterocycles. The van der Waals surface area contributed by atoms with Crippen molar-refractivity contribution in [2.24, 2.45) is 0 Å². The molecule has 8 heteroatoms. The first kappa shape index (κ1) is 16.4. The summed E-state index contributed by atoms with van der Waals surface area (Å²) in [4.78, 5) is 9.92. The van der Waals surface area contributed by atoms with Gasteiger partial charge in [-0.1, -0.05) is 12.1 Å². The van der Waals surface area contributed by atoms with Crippen LogP contribution in [0, 0.1) is 11.3 Å². The van der Waals surface area contributed by atoms with Gasteiger partial charge in [-0.2, -0.15) is 5.26 Å². The molecular formula is C16H16N4O3S. The Balaban J connectivity index is 1.85. The number of sulfone groups is 1. The highest BCUT2D eigenvalue weighted by atomic mass is 32.2. The predicted molar refractivity (Wildman–Crippen MR) is 87.2 cm³/mol. The Bertz CT molecular complexity index is 892. The quantitative estimate of drug-likeness (QED) is 0.775. The molecule has 0 N–H and O–H groups in total. The van der Waals surface area contributed by atoms with Crippen LogP contribution in [0.5, 0.6) is 0 Å². The Labute approximate surface area is 140 Å². The number of aromatic nitrogens is 2. The average Bonchev–Trinajstić information content (AvgIpc) is 2.61. The number of ether oxygens (including phenoxy) is 1. The van der Waals surface area contributed by atoms with E-state index in [0.29, 0.717) is 31.1 Å². The van der Waals surface area contributed by atoms with E-state index in [1.165, 1.54) is 6.20 Å². The monoisotopic (exact) mass is 344 g/mol. The summed E-state index contributed by atoms with van der Waals surface area (Å²) in [5, 5.41) is 8.84. The SMILES string of the molecule is CS(=O)(=O)c1nccc(N2CCOC(c3cccc(C#N)c3)C2)n1. The van der Waals surface area contributed by atoms with E-state index in [1.807, 2.05) is 17.0 Å². The molecule has 2 heterocycles. The molecule has 0 spiro atoms. The van der Waals surface area contributed by atoms with Crippen LogP contribution in [0.4, 0.5) is 5.82 Å². The van der Waals surface area contributed by atoms with Crippen LogP contribution >= 0.6 is 0 Å². The smallest absolute Gasteiger partial charge is 0.248 e. The van der Waals surface area contributed by atoms with Gasteiger partial charge in [0.15, 0.2) is 0 Å². The van der Waals surface area contributed by atoms with E-state index in [4.69, 9.17) is 10.00 Å². The van der Waals surface area contributed by atoms with Crippen LogP contribution < -0.4 is 4.90 Å². The zero-order valence-corrected chi connectivity index (χ0v) is 13.9. The van der Waals surface area contributed by atoms with Crippen molar-refractivity contribution in [3.63, 3.8) is 0 Å². The van der Waals surface area contributed by atoms with Crippen LogP contribution in [-0.2, 0) is 14.6 Å². The molecule has 0 radical (unpaired) electrons. The molecule has 0 bridgehead atoms. The second kappa shape index (κ2) is 6.55. The van der Waals surface area contributed by atoms with Crippen molar-refractivity contribution in [3.8, 4) is 6.07 Å². The van der Waals surface area contributed by atoms with E-state index in [9.17, 15) is 8.42 Å². The number of anilines is 1. The molecule has 1 saturated heterocycles. The van der Waals surface area contributed by atoms with E-state index in [-0.39, 0.29) is 11.3 Å². The van der Waals surface area contributed by atoms with E-state index in [0.717, 1.165) is 11.8 Å². The normalized spacial score (nSPS) is 18.2. The van der Waals surface area contributed by atoms with Crippen molar-refractivity contribution >= 4 is 15.7 Å². The van der Waals surface area contributed by atoms with Crippen molar-refractivity contribution in [1.82, 2.24) is 9.97 Å². The topological polar surface area (TPSA) is 96.2 Å². The molecule has 1 unspecified atom stereocenters. The number of nitriles is 1. The number of rotatable bonds is 3. The maximum atomic E-state index is 11.6. The average molecular weight is 344 g/mol. The van der Waals surface area contributed by atoms with Crippen LogP contribution in [0.15, 0.2) is 41.7 Å². The summed E-state index contributed by atoms with van der Waals surface area (Å²) in [7, 11) is -3.45. The molecular weight excluding hydrogens is 328 g/mol. The molecule has 1 aromatic carbocycles. The third-order valence-electron chi connectivity index (χ3n) is 3.73. The zero-order valence-electron chi connectivity index (χ0n) is 13.1. The van der Waals surface area contributed by atoms with E-state index >= 15 is 0 Å².